The molecular formula is C20H18BrFN2O3. The highest BCUT2D eigenvalue weighted by molar-refractivity contribution is 9.10. The third-order valence-corrected chi connectivity index (χ3v) is 4.67. The van der Waals surface area contributed by atoms with Crippen molar-refractivity contribution in [3.63, 3.8) is 0 Å². The smallest absolute Gasteiger partial charge is 0.265 e. The highest BCUT2D eigenvalue weighted by atomic mass is 79.9. The standard InChI is InChI=1S/C20H18BrFN2O3/c1-2-9-23(11-14-10-15(21)7-8-16(14)22)19(25)12-24-17-5-3-4-6-18(17)27-13-20(24)26/h2-8,10H,1,9,11-13H2. The summed E-state index contributed by atoms with van der Waals surface area (Å²) in [6.07, 6.45) is 1.57. The topological polar surface area (TPSA) is 49.9 Å². The number of halogens is 2. The summed E-state index contributed by atoms with van der Waals surface area (Å²) in [5.74, 6) is -0.445. The molecule has 2 aromatic carbocycles. The summed E-state index contributed by atoms with van der Waals surface area (Å²) in [4.78, 5) is 28.0. The van der Waals surface area contributed by atoms with Crippen LogP contribution < -0.4 is 9.64 Å². The lowest BCUT2D eigenvalue weighted by Crippen LogP contribution is -2.46. The lowest BCUT2D eigenvalue weighted by atomic mass is 10.2. The van der Waals surface area contributed by atoms with Crippen molar-refractivity contribution in [1.29, 1.82) is 0 Å². The first-order valence-corrected chi connectivity index (χ1v) is 9.13. The van der Waals surface area contributed by atoms with E-state index in [-0.39, 0.29) is 38.1 Å². The van der Waals surface area contributed by atoms with E-state index in [4.69, 9.17) is 4.74 Å². The number of hydrogen-bond acceptors (Lipinski definition) is 3. The van der Waals surface area contributed by atoms with Crippen LogP contribution in [-0.2, 0) is 16.1 Å². The number of amides is 2. The van der Waals surface area contributed by atoms with E-state index in [0.717, 1.165) is 4.47 Å². The van der Waals surface area contributed by atoms with Crippen LogP contribution in [0.3, 0.4) is 0 Å². The van der Waals surface area contributed by atoms with Gasteiger partial charge < -0.3 is 9.64 Å². The summed E-state index contributed by atoms with van der Waals surface area (Å²) in [6.45, 7) is 3.72. The van der Waals surface area contributed by atoms with Crippen molar-refractivity contribution in [1.82, 2.24) is 4.90 Å². The van der Waals surface area contributed by atoms with Gasteiger partial charge in [0, 0.05) is 23.1 Å². The molecule has 1 aliphatic heterocycles. The molecule has 0 radical (unpaired) electrons. The minimum Gasteiger partial charge on any atom is -0.482 e. The Balaban J connectivity index is 1.80. The van der Waals surface area contributed by atoms with Gasteiger partial charge in [0.15, 0.2) is 6.61 Å². The average Bonchev–Trinajstić information content (AvgIpc) is 2.66. The molecule has 7 heteroatoms. The molecule has 5 nitrogen and oxygen atoms in total. The maximum absolute atomic E-state index is 14.1. The van der Waals surface area contributed by atoms with Crippen LogP contribution in [0.4, 0.5) is 10.1 Å². The number of nitrogens with zero attached hydrogens (tertiary/aromatic N) is 2. The van der Waals surface area contributed by atoms with Gasteiger partial charge in [-0.1, -0.05) is 34.1 Å². The zero-order valence-electron chi connectivity index (χ0n) is 14.5. The summed E-state index contributed by atoms with van der Waals surface area (Å²) < 4.78 is 20.2. The number of carbonyl (C=O) groups excluding carboxylic acids is 2. The molecule has 2 aromatic rings. The Morgan fingerprint density at radius 1 is 1.33 bits per heavy atom. The second kappa shape index (κ2) is 8.35. The van der Waals surface area contributed by atoms with Gasteiger partial charge in [0.2, 0.25) is 5.91 Å². The van der Waals surface area contributed by atoms with E-state index < -0.39 is 5.82 Å². The van der Waals surface area contributed by atoms with Gasteiger partial charge in [0.25, 0.3) is 5.91 Å². The summed E-state index contributed by atoms with van der Waals surface area (Å²) in [6, 6.07) is 11.6. The summed E-state index contributed by atoms with van der Waals surface area (Å²) in [5.41, 5.74) is 0.933. The molecule has 140 valence electrons. The van der Waals surface area contributed by atoms with Crippen LogP contribution >= 0.6 is 15.9 Å². The molecule has 0 atom stereocenters. The van der Waals surface area contributed by atoms with E-state index >= 15 is 0 Å². The molecule has 0 unspecified atom stereocenters. The van der Waals surface area contributed by atoms with E-state index in [2.05, 4.69) is 22.5 Å². The first-order valence-electron chi connectivity index (χ1n) is 8.34. The van der Waals surface area contributed by atoms with Crippen LogP contribution in [-0.4, -0.2) is 36.4 Å². The van der Waals surface area contributed by atoms with Crippen molar-refractivity contribution in [3.05, 3.63) is 71.0 Å². The van der Waals surface area contributed by atoms with E-state index in [1.54, 1.807) is 42.5 Å². The number of anilines is 1. The molecule has 0 N–H and O–H groups in total. The van der Waals surface area contributed by atoms with Gasteiger partial charge in [-0.05, 0) is 30.3 Å². The Bertz CT molecular complexity index is 887. The van der Waals surface area contributed by atoms with Gasteiger partial charge in [-0.2, -0.15) is 0 Å². The number of hydrogen-bond donors (Lipinski definition) is 0. The Morgan fingerprint density at radius 2 is 2.11 bits per heavy atom. The van der Waals surface area contributed by atoms with E-state index in [1.165, 1.54) is 15.9 Å². The number of benzene rings is 2. The molecule has 3 rings (SSSR count). The van der Waals surface area contributed by atoms with Crippen LogP contribution in [0.2, 0.25) is 0 Å². The zero-order chi connectivity index (χ0) is 19.4. The van der Waals surface area contributed by atoms with Crippen molar-refractivity contribution in [3.8, 4) is 5.75 Å². The number of para-hydroxylation sites is 2. The van der Waals surface area contributed by atoms with Crippen LogP contribution in [0.1, 0.15) is 5.56 Å². The van der Waals surface area contributed by atoms with Crippen molar-refractivity contribution < 1.29 is 18.7 Å². The van der Waals surface area contributed by atoms with Crippen molar-refractivity contribution in [2.45, 2.75) is 6.54 Å². The largest absolute Gasteiger partial charge is 0.482 e. The van der Waals surface area contributed by atoms with Crippen LogP contribution in [0.15, 0.2) is 59.6 Å². The highest BCUT2D eigenvalue weighted by Gasteiger charge is 2.28. The Labute approximate surface area is 165 Å². The average molecular weight is 433 g/mol. The molecule has 0 aromatic heterocycles. The molecule has 1 aliphatic rings. The van der Waals surface area contributed by atoms with Crippen molar-refractivity contribution in [2.75, 3.05) is 24.6 Å². The lowest BCUT2D eigenvalue weighted by molar-refractivity contribution is -0.132. The zero-order valence-corrected chi connectivity index (χ0v) is 16.1. The van der Waals surface area contributed by atoms with Gasteiger partial charge in [-0.3, -0.25) is 14.5 Å². The molecule has 1 heterocycles. The Kier molecular flexibility index (Phi) is 5.91. The molecule has 0 saturated heterocycles. The fraction of sp³-hybridized carbons (Fsp3) is 0.200. The molecule has 27 heavy (non-hydrogen) atoms. The quantitative estimate of drug-likeness (QED) is 0.656. The first kappa shape index (κ1) is 19.1. The summed E-state index contributed by atoms with van der Waals surface area (Å²) in [7, 11) is 0. The maximum atomic E-state index is 14.1. The van der Waals surface area contributed by atoms with Gasteiger partial charge >= 0.3 is 0 Å². The van der Waals surface area contributed by atoms with Crippen LogP contribution in [0, 0.1) is 5.82 Å². The number of fused-ring (bicyclic) bond motifs is 1. The molecule has 0 bridgehead atoms. The molecule has 2 amide bonds. The monoisotopic (exact) mass is 432 g/mol. The summed E-state index contributed by atoms with van der Waals surface area (Å²) in [5, 5.41) is 0. The Hall–Kier alpha value is -2.67. The predicted octanol–water partition coefficient (Wildman–Crippen LogP) is 3.53. The normalized spacial score (nSPS) is 13.0. The molecule has 0 spiro atoms. The van der Waals surface area contributed by atoms with Crippen LogP contribution in [0.25, 0.3) is 0 Å². The maximum Gasteiger partial charge on any atom is 0.265 e. The van der Waals surface area contributed by atoms with E-state index in [0.29, 0.717) is 17.0 Å². The number of rotatable bonds is 6. The van der Waals surface area contributed by atoms with Crippen LogP contribution in [0.5, 0.6) is 5.75 Å². The first-order chi connectivity index (χ1) is 13.0. The fourth-order valence-electron chi connectivity index (χ4n) is 2.84. The van der Waals surface area contributed by atoms with Gasteiger partial charge in [-0.15, -0.1) is 6.58 Å². The predicted molar refractivity (Wildman–Crippen MR) is 104 cm³/mol. The molecule has 0 saturated carbocycles. The van der Waals surface area contributed by atoms with Gasteiger partial charge in [0.1, 0.15) is 18.1 Å². The second-order valence-electron chi connectivity index (χ2n) is 6.03. The molecule has 0 fully saturated rings. The number of carbonyl (C=O) groups is 2. The second-order valence-corrected chi connectivity index (χ2v) is 6.95. The molecular weight excluding hydrogens is 415 g/mol. The van der Waals surface area contributed by atoms with Crippen molar-refractivity contribution >= 4 is 33.4 Å². The third-order valence-electron chi connectivity index (χ3n) is 4.17. The lowest BCUT2D eigenvalue weighted by Gasteiger charge is -2.31. The minimum absolute atomic E-state index is 0.0797. The highest BCUT2D eigenvalue weighted by Crippen LogP contribution is 2.31. The van der Waals surface area contributed by atoms with Crippen molar-refractivity contribution in [2.24, 2.45) is 0 Å². The SMILES string of the molecule is C=CCN(Cc1cc(Br)ccc1F)C(=O)CN1C(=O)COc2ccccc21. The van der Waals surface area contributed by atoms with E-state index in [1.807, 2.05) is 0 Å². The minimum atomic E-state index is -0.396. The van der Waals surface area contributed by atoms with Gasteiger partial charge in [-0.25, -0.2) is 4.39 Å². The Morgan fingerprint density at radius 3 is 2.89 bits per heavy atom. The fourth-order valence-corrected chi connectivity index (χ4v) is 3.25. The number of ether oxygens (including phenoxy) is 1. The van der Waals surface area contributed by atoms with Gasteiger partial charge in [0.05, 0.1) is 5.69 Å². The van der Waals surface area contributed by atoms with E-state index in [9.17, 15) is 14.0 Å². The summed E-state index contributed by atoms with van der Waals surface area (Å²) >= 11 is 3.31. The third kappa shape index (κ3) is 4.36. The molecule has 0 aliphatic carbocycles.